The number of rotatable bonds is 9. The van der Waals surface area contributed by atoms with Crippen LogP contribution in [0.4, 0.5) is 0 Å². The molecule has 0 saturated heterocycles. The smallest absolute Gasteiger partial charge is 0.307 e. The molecule has 0 fully saturated rings. The maximum Gasteiger partial charge on any atom is 0.307 e. The van der Waals surface area contributed by atoms with Crippen molar-refractivity contribution in [3.8, 4) is 0 Å². The van der Waals surface area contributed by atoms with E-state index in [0.717, 1.165) is 25.7 Å². The van der Waals surface area contributed by atoms with Crippen molar-refractivity contribution in [2.24, 2.45) is 0 Å². The lowest BCUT2D eigenvalue weighted by molar-refractivity contribution is -0.141. The lowest BCUT2D eigenvalue weighted by atomic mass is 10.2. The molecule has 0 unspecified atom stereocenters. The normalized spacial score (nSPS) is 10.1. The quantitative estimate of drug-likeness (QED) is 0.451. The second-order valence-corrected chi connectivity index (χ2v) is 3.08. The minimum Gasteiger partial charge on any atom is -0.469 e. The fourth-order valence-electron chi connectivity index (χ4n) is 1.03. The molecule has 0 amide bonds. The third-order valence-corrected chi connectivity index (χ3v) is 1.87. The number of carbonyl (C=O) groups excluding carboxylic acids is 1. The van der Waals surface area contributed by atoms with Gasteiger partial charge in [-0.25, -0.2) is 0 Å². The van der Waals surface area contributed by atoms with Crippen LogP contribution in [0.5, 0.6) is 0 Å². The fourth-order valence-corrected chi connectivity index (χ4v) is 1.03. The largest absolute Gasteiger partial charge is 0.469 e. The number of aliphatic hydroxyl groups excluding tert-OH is 1. The van der Waals surface area contributed by atoms with Gasteiger partial charge in [-0.2, -0.15) is 0 Å². The van der Waals surface area contributed by atoms with Crippen LogP contribution in [0, 0.1) is 0 Å². The van der Waals surface area contributed by atoms with Crippen molar-refractivity contribution in [1.82, 2.24) is 0 Å². The van der Waals surface area contributed by atoms with Gasteiger partial charge in [0.2, 0.25) is 0 Å². The van der Waals surface area contributed by atoms with E-state index in [1.807, 2.05) is 0 Å². The summed E-state index contributed by atoms with van der Waals surface area (Å²) < 4.78 is 9.69. The Labute approximate surface area is 85.2 Å². The van der Waals surface area contributed by atoms with Crippen LogP contribution in [0.2, 0.25) is 0 Å². The van der Waals surface area contributed by atoms with Gasteiger partial charge in [-0.3, -0.25) is 4.79 Å². The molecule has 0 aliphatic heterocycles. The summed E-state index contributed by atoms with van der Waals surface area (Å²) in [6, 6.07) is 0. The maximum atomic E-state index is 10.7. The highest BCUT2D eigenvalue weighted by Gasteiger charge is 1.98. The molecule has 0 rings (SSSR count). The first-order valence-electron chi connectivity index (χ1n) is 5.06. The highest BCUT2D eigenvalue weighted by molar-refractivity contribution is 5.69. The second-order valence-electron chi connectivity index (χ2n) is 3.08. The van der Waals surface area contributed by atoms with Gasteiger partial charge in [-0.05, 0) is 12.8 Å². The Kier molecular flexibility index (Phi) is 10.0. The Morgan fingerprint density at radius 2 is 1.86 bits per heavy atom. The zero-order valence-electron chi connectivity index (χ0n) is 8.83. The van der Waals surface area contributed by atoms with Crippen molar-refractivity contribution < 1.29 is 19.4 Å². The van der Waals surface area contributed by atoms with Crippen LogP contribution < -0.4 is 0 Å². The lowest BCUT2D eigenvalue weighted by Crippen LogP contribution is -2.06. The highest BCUT2D eigenvalue weighted by atomic mass is 16.5. The lowest BCUT2D eigenvalue weighted by Gasteiger charge is -2.02. The Hall–Kier alpha value is -0.610. The molecule has 0 aromatic heterocycles. The molecule has 0 atom stereocenters. The van der Waals surface area contributed by atoms with Crippen molar-refractivity contribution in [3.63, 3.8) is 0 Å². The number of hydrogen-bond donors (Lipinski definition) is 1. The van der Waals surface area contributed by atoms with Crippen LogP contribution in [0.3, 0.4) is 0 Å². The summed E-state index contributed by atoms with van der Waals surface area (Å²) >= 11 is 0. The summed E-state index contributed by atoms with van der Waals surface area (Å²) in [4.78, 5) is 10.7. The Morgan fingerprint density at radius 3 is 2.50 bits per heavy atom. The average Bonchev–Trinajstić information content (AvgIpc) is 2.21. The standard InChI is InChI=1S/C10H20O4/c1-13-10(12)6-9-14-8-5-3-2-4-7-11/h11H,2-9H2,1H3. The molecule has 0 heterocycles. The molecule has 0 aliphatic carbocycles. The van der Waals surface area contributed by atoms with Crippen molar-refractivity contribution >= 4 is 5.97 Å². The van der Waals surface area contributed by atoms with Gasteiger partial charge in [0, 0.05) is 13.2 Å². The van der Waals surface area contributed by atoms with E-state index in [2.05, 4.69) is 4.74 Å². The number of methoxy groups -OCH3 is 1. The minimum atomic E-state index is -0.231. The first-order valence-corrected chi connectivity index (χ1v) is 5.06. The summed E-state index contributed by atoms with van der Waals surface area (Å²) in [5.41, 5.74) is 0. The number of unbranched alkanes of at least 4 members (excludes halogenated alkanes) is 3. The monoisotopic (exact) mass is 204 g/mol. The predicted octanol–water partition coefficient (Wildman–Crippen LogP) is 1.12. The topological polar surface area (TPSA) is 55.8 Å². The fraction of sp³-hybridized carbons (Fsp3) is 0.900. The number of carbonyl (C=O) groups is 1. The van der Waals surface area contributed by atoms with Gasteiger partial charge in [0.05, 0.1) is 20.1 Å². The van der Waals surface area contributed by atoms with Crippen molar-refractivity contribution in [2.75, 3.05) is 26.9 Å². The molecule has 4 nitrogen and oxygen atoms in total. The van der Waals surface area contributed by atoms with Crippen LogP contribution >= 0.6 is 0 Å². The summed E-state index contributed by atoms with van der Waals surface area (Å²) in [5, 5.41) is 8.51. The van der Waals surface area contributed by atoms with E-state index < -0.39 is 0 Å². The maximum absolute atomic E-state index is 10.7. The Balaban J connectivity index is 2.95. The van der Waals surface area contributed by atoms with Gasteiger partial charge in [-0.1, -0.05) is 12.8 Å². The minimum absolute atomic E-state index is 0.231. The summed E-state index contributed by atoms with van der Waals surface area (Å²) in [6.07, 6.45) is 4.28. The first kappa shape index (κ1) is 13.4. The molecule has 0 bridgehead atoms. The third kappa shape index (κ3) is 9.48. The first-order chi connectivity index (χ1) is 6.81. The van der Waals surface area contributed by atoms with E-state index in [1.165, 1.54) is 7.11 Å². The average molecular weight is 204 g/mol. The van der Waals surface area contributed by atoms with E-state index >= 15 is 0 Å². The number of esters is 1. The second kappa shape index (κ2) is 10.5. The van der Waals surface area contributed by atoms with Gasteiger partial charge < -0.3 is 14.6 Å². The summed E-state index contributed by atoms with van der Waals surface area (Å²) in [6.45, 7) is 1.39. The van der Waals surface area contributed by atoms with Crippen molar-refractivity contribution in [2.45, 2.75) is 32.1 Å². The van der Waals surface area contributed by atoms with Gasteiger partial charge in [0.1, 0.15) is 0 Å². The molecule has 0 radical (unpaired) electrons. The molecular weight excluding hydrogens is 184 g/mol. The molecule has 0 spiro atoms. The van der Waals surface area contributed by atoms with Crippen LogP contribution in [0.1, 0.15) is 32.1 Å². The highest BCUT2D eigenvalue weighted by Crippen LogP contribution is 1.99. The van der Waals surface area contributed by atoms with Gasteiger partial charge >= 0.3 is 5.97 Å². The molecule has 84 valence electrons. The number of ether oxygens (including phenoxy) is 2. The Morgan fingerprint density at radius 1 is 1.14 bits per heavy atom. The van der Waals surface area contributed by atoms with E-state index in [4.69, 9.17) is 9.84 Å². The molecular formula is C10H20O4. The molecule has 0 aromatic carbocycles. The van der Waals surface area contributed by atoms with Crippen molar-refractivity contribution in [1.29, 1.82) is 0 Å². The number of aliphatic hydroxyl groups is 1. The summed E-state index contributed by atoms with van der Waals surface area (Å²) in [7, 11) is 1.37. The van der Waals surface area contributed by atoms with E-state index in [9.17, 15) is 4.79 Å². The molecule has 4 heteroatoms. The molecule has 0 aromatic rings. The van der Waals surface area contributed by atoms with Gasteiger partial charge in [0.25, 0.3) is 0 Å². The molecule has 0 saturated carbocycles. The zero-order valence-corrected chi connectivity index (χ0v) is 8.83. The zero-order chi connectivity index (χ0) is 10.6. The molecule has 14 heavy (non-hydrogen) atoms. The third-order valence-electron chi connectivity index (χ3n) is 1.87. The van der Waals surface area contributed by atoms with Crippen LogP contribution in [0.25, 0.3) is 0 Å². The molecule has 1 N–H and O–H groups in total. The van der Waals surface area contributed by atoms with Gasteiger partial charge in [-0.15, -0.1) is 0 Å². The van der Waals surface area contributed by atoms with Crippen LogP contribution in [-0.2, 0) is 14.3 Å². The van der Waals surface area contributed by atoms with Gasteiger partial charge in [0.15, 0.2) is 0 Å². The van der Waals surface area contributed by atoms with Crippen LogP contribution in [0.15, 0.2) is 0 Å². The van der Waals surface area contributed by atoms with Crippen molar-refractivity contribution in [3.05, 3.63) is 0 Å². The van der Waals surface area contributed by atoms with E-state index in [-0.39, 0.29) is 12.6 Å². The molecule has 0 aliphatic rings. The Bertz CT molecular complexity index is 136. The number of hydrogen-bond acceptors (Lipinski definition) is 4. The van der Waals surface area contributed by atoms with E-state index in [0.29, 0.717) is 19.6 Å². The summed E-state index contributed by atoms with van der Waals surface area (Å²) in [5.74, 6) is -0.231. The predicted molar refractivity (Wildman–Crippen MR) is 53.0 cm³/mol. The van der Waals surface area contributed by atoms with Crippen LogP contribution in [-0.4, -0.2) is 38.0 Å². The van der Waals surface area contributed by atoms with E-state index in [1.54, 1.807) is 0 Å². The SMILES string of the molecule is COC(=O)CCOCCCCCCO.